The molecule has 0 unspecified atom stereocenters. The summed E-state index contributed by atoms with van der Waals surface area (Å²) in [6.45, 7) is 0. The Hall–Kier alpha value is 2.88. The van der Waals surface area contributed by atoms with Gasteiger partial charge in [0, 0.05) is 93.7 Å². The van der Waals surface area contributed by atoms with E-state index in [2.05, 4.69) is 0 Å². The molecule has 0 amide bonds. The molecule has 0 aromatic rings. The van der Waals surface area contributed by atoms with Crippen molar-refractivity contribution in [2.75, 3.05) is 0 Å². The molecule has 0 atom stereocenters. The van der Waals surface area contributed by atoms with E-state index in [1.807, 2.05) is 0 Å². The van der Waals surface area contributed by atoms with E-state index < -0.39 is 0 Å². The van der Waals surface area contributed by atoms with E-state index in [0.29, 0.717) is 0 Å². The number of hydrogen-bond acceptors (Lipinski definition) is 0. The Morgan fingerprint density at radius 2 is 1.00 bits per heavy atom. The van der Waals surface area contributed by atoms with Gasteiger partial charge in [-0.15, -0.1) is 0 Å². The van der Waals surface area contributed by atoms with Gasteiger partial charge < -0.3 is 0 Å². The first-order valence-electron chi connectivity index (χ1n) is 0. The average Bonchev–Trinajstić information content (AvgIpc) is 0. The van der Waals surface area contributed by atoms with E-state index >= 15 is 0 Å². The fourth-order valence-electron chi connectivity index (χ4n) is 0. The zero-order valence-corrected chi connectivity index (χ0v) is 8.64. The summed E-state index contributed by atoms with van der Waals surface area (Å²) < 4.78 is 0. The van der Waals surface area contributed by atoms with Gasteiger partial charge in [0.1, 0.15) is 0 Å². The molecule has 0 saturated heterocycles. The van der Waals surface area contributed by atoms with Crippen LogP contribution in [0.1, 0.15) is 0 Å². The Labute approximate surface area is 92.2 Å². The molecule has 29 valence electrons. The molecular weight excluding hydrogens is 200 g/mol. The zero-order chi connectivity index (χ0) is 0. The monoisotopic (exact) mass is 199 g/mol. The summed E-state index contributed by atoms with van der Waals surface area (Å²) in [6.07, 6.45) is 0. The summed E-state index contributed by atoms with van der Waals surface area (Å²) in [7, 11) is 0. The summed E-state index contributed by atoms with van der Waals surface area (Å²) in [4.78, 5) is 0. The van der Waals surface area contributed by atoms with Crippen LogP contribution in [0.15, 0.2) is 0 Å². The Morgan fingerprint density at radius 3 is 1.00 bits per heavy atom. The molecular formula is AlCoNaNiS. The molecule has 0 aromatic heterocycles. The summed E-state index contributed by atoms with van der Waals surface area (Å²) in [5.41, 5.74) is 0. The summed E-state index contributed by atoms with van der Waals surface area (Å²) in [5.74, 6) is 0. The maximum absolute atomic E-state index is 0. The second-order valence-electron chi connectivity index (χ2n) is 0. The van der Waals surface area contributed by atoms with E-state index in [-0.39, 0.29) is 93.7 Å². The summed E-state index contributed by atoms with van der Waals surface area (Å²) in [6, 6.07) is 0. The predicted octanol–water partition coefficient (Wildman–Crippen LogP) is -0.118. The first-order valence-corrected chi connectivity index (χ1v) is 0. The van der Waals surface area contributed by atoms with Crippen LogP contribution in [0.4, 0.5) is 0 Å². The van der Waals surface area contributed by atoms with Crippen molar-refractivity contribution in [2.45, 2.75) is 0 Å². The topological polar surface area (TPSA) is 0 Å². The molecule has 0 aromatic carbocycles. The number of rotatable bonds is 0. The summed E-state index contributed by atoms with van der Waals surface area (Å²) in [5, 5.41) is 0. The first-order chi connectivity index (χ1) is 0. The minimum Gasteiger partial charge on any atom is 0 e. The second kappa shape index (κ2) is 28.7. The Balaban J connectivity index is 0. The van der Waals surface area contributed by atoms with Crippen molar-refractivity contribution in [2.24, 2.45) is 0 Å². The van der Waals surface area contributed by atoms with Gasteiger partial charge in [0.15, 0.2) is 0 Å². The van der Waals surface area contributed by atoms with Crippen molar-refractivity contribution in [3.05, 3.63) is 0 Å². The van der Waals surface area contributed by atoms with Gasteiger partial charge in [-0.2, -0.15) is 0 Å². The van der Waals surface area contributed by atoms with Crippen LogP contribution in [-0.2, 0) is 33.3 Å². The van der Waals surface area contributed by atoms with Gasteiger partial charge in [0.05, 0.1) is 0 Å². The molecule has 0 N–H and O–H groups in total. The molecule has 0 spiro atoms. The van der Waals surface area contributed by atoms with Crippen molar-refractivity contribution in [3.63, 3.8) is 0 Å². The molecule has 0 aliphatic carbocycles. The Morgan fingerprint density at radius 1 is 1.00 bits per heavy atom. The van der Waals surface area contributed by atoms with Gasteiger partial charge in [-0.25, -0.2) is 0 Å². The maximum atomic E-state index is 0. The molecule has 0 nitrogen and oxygen atoms in total. The first kappa shape index (κ1) is 44.9. The Bertz CT molecular complexity index is 11.6. The fourth-order valence-corrected chi connectivity index (χ4v) is 0. The van der Waals surface area contributed by atoms with E-state index in [1.165, 1.54) is 0 Å². The molecule has 0 saturated carbocycles. The number of hydrogen-bond donors (Lipinski definition) is 0. The minimum absolute atomic E-state index is 0. The van der Waals surface area contributed by atoms with Gasteiger partial charge >= 0.3 is 0 Å². The molecule has 0 aliphatic heterocycles. The van der Waals surface area contributed by atoms with Crippen LogP contribution in [0.3, 0.4) is 0 Å². The van der Waals surface area contributed by atoms with Gasteiger partial charge in [-0.1, -0.05) is 0 Å². The van der Waals surface area contributed by atoms with Gasteiger partial charge in [0.25, 0.3) is 0 Å². The SMILES string of the molecule is [Al].[Co].[Na].[Ni].[S]. The third kappa shape index (κ3) is 19.7. The van der Waals surface area contributed by atoms with Crippen LogP contribution in [0.25, 0.3) is 0 Å². The van der Waals surface area contributed by atoms with Crippen molar-refractivity contribution < 1.29 is 33.3 Å². The Kier molecular flexibility index (Phi) is 258. The second-order valence-corrected chi connectivity index (χ2v) is 0. The molecule has 5 heavy (non-hydrogen) atoms. The van der Waals surface area contributed by atoms with Crippen LogP contribution in [0, 0.1) is 0 Å². The van der Waals surface area contributed by atoms with Crippen LogP contribution in [0.5, 0.6) is 0 Å². The normalized spacial score (nSPS) is 0. The molecule has 5 heteroatoms. The molecule has 0 aliphatic rings. The smallest absolute Gasteiger partial charge is 0 e. The molecule has 7 radical (unpaired) electrons. The van der Waals surface area contributed by atoms with Gasteiger partial charge in [-0.05, 0) is 0 Å². The maximum Gasteiger partial charge on any atom is 0 e. The van der Waals surface area contributed by atoms with E-state index in [1.54, 1.807) is 0 Å². The van der Waals surface area contributed by atoms with Crippen molar-refractivity contribution in [1.29, 1.82) is 0 Å². The average molecular weight is 200 g/mol. The third-order valence-corrected chi connectivity index (χ3v) is 0. The predicted molar refractivity (Wildman–Crippen MR) is 19.1 cm³/mol. The third-order valence-electron chi connectivity index (χ3n) is 0. The fraction of sp³-hybridized carbons (Fsp3) is 0. The van der Waals surface area contributed by atoms with Gasteiger partial charge in [-0.3, -0.25) is 0 Å². The van der Waals surface area contributed by atoms with Crippen molar-refractivity contribution in [1.82, 2.24) is 0 Å². The molecule has 0 bridgehead atoms. The van der Waals surface area contributed by atoms with E-state index in [0.717, 1.165) is 0 Å². The van der Waals surface area contributed by atoms with E-state index in [4.69, 9.17) is 0 Å². The van der Waals surface area contributed by atoms with E-state index in [9.17, 15) is 0 Å². The minimum atomic E-state index is 0. The van der Waals surface area contributed by atoms with Crippen LogP contribution >= 0.6 is 13.5 Å². The quantitative estimate of drug-likeness (QED) is 0.478. The van der Waals surface area contributed by atoms with Crippen LogP contribution < -0.4 is 0 Å². The zero-order valence-electron chi connectivity index (χ0n) is 2.64. The van der Waals surface area contributed by atoms with Crippen LogP contribution in [-0.4, -0.2) is 46.9 Å². The standard InChI is InChI=1S/Al.Co.Na.Ni.S. The van der Waals surface area contributed by atoms with Crippen LogP contribution in [0.2, 0.25) is 0 Å². The van der Waals surface area contributed by atoms with Crippen molar-refractivity contribution in [3.8, 4) is 0 Å². The van der Waals surface area contributed by atoms with Crippen molar-refractivity contribution >= 4 is 60.4 Å². The summed E-state index contributed by atoms with van der Waals surface area (Å²) >= 11 is 0. The molecule has 0 rings (SSSR count). The largest absolute Gasteiger partial charge is 0 e. The molecule has 0 fully saturated rings. The molecule has 0 heterocycles. The van der Waals surface area contributed by atoms with Gasteiger partial charge in [0.2, 0.25) is 0 Å².